The van der Waals surface area contributed by atoms with E-state index in [4.69, 9.17) is 4.98 Å². The molecule has 1 amide bonds. The number of nitrogens with zero attached hydrogens (tertiary/aromatic N) is 3. The number of imidazole rings is 1. The minimum atomic E-state index is -0.493. The summed E-state index contributed by atoms with van der Waals surface area (Å²) in [6.45, 7) is 5.05. The van der Waals surface area contributed by atoms with Crippen molar-refractivity contribution in [3.63, 3.8) is 0 Å². The van der Waals surface area contributed by atoms with Crippen LogP contribution in [0.2, 0.25) is 0 Å². The summed E-state index contributed by atoms with van der Waals surface area (Å²) in [5.41, 5.74) is 4.47. The number of aromatic nitrogens is 2. The molecule has 0 bridgehead atoms. The van der Waals surface area contributed by atoms with Gasteiger partial charge in [-0.15, -0.1) is 0 Å². The Kier molecular flexibility index (Phi) is 6.38. The fraction of sp³-hybridized carbons (Fsp3) is 0.423. The number of aliphatic hydroxyl groups excluding tert-OH is 1. The van der Waals surface area contributed by atoms with E-state index in [-0.39, 0.29) is 31.2 Å². The quantitative estimate of drug-likeness (QED) is 0.582. The Morgan fingerprint density at radius 1 is 1.15 bits per heavy atom. The van der Waals surface area contributed by atoms with Gasteiger partial charge >= 0.3 is 0 Å². The van der Waals surface area contributed by atoms with Crippen molar-refractivity contribution in [2.24, 2.45) is 5.41 Å². The van der Waals surface area contributed by atoms with Gasteiger partial charge in [-0.3, -0.25) is 9.59 Å². The molecule has 2 aliphatic rings. The first-order valence-corrected chi connectivity index (χ1v) is 11.4. The molecule has 1 N–H and O–H groups in total. The maximum Gasteiger partial charge on any atom is 0.229 e. The van der Waals surface area contributed by atoms with Crippen molar-refractivity contribution in [3.8, 4) is 0 Å². The maximum absolute atomic E-state index is 13.6. The van der Waals surface area contributed by atoms with Crippen LogP contribution in [0, 0.1) is 5.41 Å². The van der Waals surface area contributed by atoms with E-state index >= 15 is 0 Å². The highest BCUT2D eigenvalue weighted by Crippen LogP contribution is 2.44. The second-order valence-corrected chi connectivity index (χ2v) is 9.48. The van der Waals surface area contributed by atoms with Crippen molar-refractivity contribution in [2.75, 3.05) is 13.2 Å². The number of likely N-dealkylation sites (tertiary alicyclic amines) is 1. The number of carbonyl (C=O) groups excluding carboxylic acids is 2. The van der Waals surface area contributed by atoms with Crippen molar-refractivity contribution in [3.05, 3.63) is 65.0 Å². The summed E-state index contributed by atoms with van der Waals surface area (Å²) in [5, 5.41) is 9.21. The average molecular weight is 466 g/mol. The summed E-state index contributed by atoms with van der Waals surface area (Å²) in [6.07, 6.45) is 3.16. The molecule has 2 aromatic carbocycles. The Balaban J connectivity index is 0.00000259. The van der Waals surface area contributed by atoms with Gasteiger partial charge in [0.15, 0.2) is 5.78 Å². The van der Waals surface area contributed by atoms with Crippen LogP contribution in [0.15, 0.2) is 42.5 Å². The lowest BCUT2D eigenvalue weighted by Gasteiger charge is -2.33. The van der Waals surface area contributed by atoms with Gasteiger partial charge in [0, 0.05) is 18.2 Å². The molecular weight excluding hydrogens is 434 g/mol. The third-order valence-corrected chi connectivity index (χ3v) is 7.19. The van der Waals surface area contributed by atoms with E-state index in [1.807, 2.05) is 35.2 Å². The fourth-order valence-electron chi connectivity index (χ4n) is 5.52. The molecule has 5 rings (SSSR count). The highest BCUT2D eigenvalue weighted by molar-refractivity contribution is 7.59. The number of fused-ring (bicyclic) bond motifs is 2. The first-order chi connectivity index (χ1) is 15.4. The third-order valence-electron chi connectivity index (χ3n) is 7.19. The molecule has 0 radical (unpaired) electrons. The molecule has 1 saturated heterocycles. The first-order valence-electron chi connectivity index (χ1n) is 11.4. The number of amides is 1. The van der Waals surface area contributed by atoms with Gasteiger partial charge in [-0.1, -0.05) is 24.3 Å². The minimum absolute atomic E-state index is 0. The molecule has 1 aliphatic carbocycles. The van der Waals surface area contributed by atoms with E-state index in [9.17, 15) is 14.7 Å². The minimum Gasteiger partial charge on any atom is -0.388 e. The fourth-order valence-corrected chi connectivity index (χ4v) is 5.52. The summed E-state index contributed by atoms with van der Waals surface area (Å²) < 4.78 is 2.23. The molecule has 6 nitrogen and oxygen atoms in total. The molecule has 3 aromatic rings. The molecule has 2 heterocycles. The van der Waals surface area contributed by atoms with Gasteiger partial charge in [0.05, 0.1) is 23.0 Å². The standard InChI is InChI=1S/C26H29N3O3.H2S/c1-17(2)29-22-6-4-3-5-21(22)27-24(29)15-28-12-11-26(25(28)32)10-9-18-7-8-19(23(31)16-30)13-20(18)14-26;/h3-8,13,17,30H,9-12,14-16H2,1-2H3;1H2/t26-;/m1./s1. The molecule has 0 unspecified atom stereocenters. The molecule has 1 atom stereocenters. The molecule has 1 aromatic heterocycles. The second kappa shape index (κ2) is 8.95. The van der Waals surface area contributed by atoms with E-state index < -0.39 is 12.0 Å². The summed E-state index contributed by atoms with van der Waals surface area (Å²) >= 11 is 0. The van der Waals surface area contributed by atoms with Crippen LogP contribution in [0.1, 0.15) is 60.0 Å². The molecule has 1 fully saturated rings. The number of benzene rings is 2. The highest BCUT2D eigenvalue weighted by Gasteiger charge is 2.48. The number of Topliss-reactive ketones (excluding diaryl/α,β-unsaturated/α-hetero) is 1. The lowest BCUT2D eigenvalue weighted by atomic mass is 9.70. The van der Waals surface area contributed by atoms with Crippen LogP contribution in [0.25, 0.3) is 11.0 Å². The van der Waals surface area contributed by atoms with Crippen LogP contribution in [0.5, 0.6) is 0 Å². The van der Waals surface area contributed by atoms with E-state index in [0.717, 1.165) is 48.2 Å². The maximum atomic E-state index is 13.6. The van der Waals surface area contributed by atoms with Gasteiger partial charge in [0.1, 0.15) is 12.4 Å². The topological polar surface area (TPSA) is 75.4 Å². The number of carbonyl (C=O) groups is 2. The second-order valence-electron chi connectivity index (χ2n) is 9.48. The third kappa shape index (κ3) is 3.97. The monoisotopic (exact) mass is 465 g/mol. The molecule has 1 spiro atoms. The number of hydrogen-bond donors (Lipinski definition) is 1. The Labute approximate surface area is 201 Å². The highest BCUT2D eigenvalue weighted by atomic mass is 32.1. The van der Waals surface area contributed by atoms with Crippen LogP contribution in [-0.4, -0.2) is 44.4 Å². The average Bonchev–Trinajstić information content (AvgIpc) is 3.31. The van der Waals surface area contributed by atoms with E-state index in [1.54, 1.807) is 6.07 Å². The summed E-state index contributed by atoms with van der Waals surface area (Å²) in [6, 6.07) is 14.0. The van der Waals surface area contributed by atoms with Crippen molar-refractivity contribution in [2.45, 2.75) is 52.1 Å². The van der Waals surface area contributed by atoms with Gasteiger partial charge in [0.2, 0.25) is 5.91 Å². The van der Waals surface area contributed by atoms with Gasteiger partial charge in [-0.25, -0.2) is 4.98 Å². The number of hydrogen-bond acceptors (Lipinski definition) is 4. The zero-order valence-electron chi connectivity index (χ0n) is 19.2. The molecule has 1 aliphatic heterocycles. The zero-order chi connectivity index (χ0) is 22.5. The normalized spacial score (nSPS) is 19.9. The molecular formula is C26H31N3O3S. The van der Waals surface area contributed by atoms with Crippen LogP contribution in [0.3, 0.4) is 0 Å². The number of rotatable bonds is 5. The zero-order valence-corrected chi connectivity index (χ0v) is 20.2. The summed E-state index contributed by atoms with van der Waals surface area (Å²) in [7, 11) is 0. The molecule has 174 valence electrons. The van der Waals surface area contributed by atoms with Gasteiger partial charge in [-0.05, 0) is 68.9 Å². The Morgan fingerprint density at radius 3 is 2.70 bits per heavy atom. The lowest BCUT2D eigenvalue weighted by Crippen LogP contribution is -2.39. The van der Waals surface area contributed by atoms with Crippen LogP contribution < -0.4 is 0 Å². The SMILES string of the molecule is CC(C)n1c(CN2CC[C@@]3(CCc4ccc(C(=O)CO)cc4C3)C2=O)nc2ccccc21.S. The van der Waals surface area contributed by atoms with E-state index in [1.165, 1.54) is 5.56 Å². The van der Waals surface area contributed by atoms with Crippen LogP contribution in [-0.2, 0) is 24.2 Å². The number of ketones is 1. The Morgan fingerprint density at radius 2 is 1.94 bits per heavy atom. The first kappa shape index (κ1) is 23.5. The molecule has 0 saturated carbocycles. The Bertz CT molecular complexity index is 1220. The van der Waals surface area contributed by atoms with Crippen molar-refractivity contribution < 1.29 is 14.7 Å². The number of aryl methyl sites for hydroxylation is 1. The molecule has 7 heteroatoms. The smallest absolute Gasteiger partial charge is 0.229 e. The molecule has 33 heavy (non-hydrogen) atoms. The van der Waals surface area contributed by atoms with Crippen molar-refractivity contribution in [1.29, 1.82) is 0 Å². The van der Waals surface area contributed by atoms with Crippen LogP contribution in [0.4, 0.5) is 0 Å². The van der Waals surface area contributed by atoms with Crippen molar-refractivity contribution in [1.82, 2.24) is 14.5 Å². The van der Waals surface area contributed by atoms with E-state index in [2.05, 4.69) is 24.5 Å². The van der Waals surface area contributed by atoms with Crippen molar-refractivity contribution >= 4 is 36.2 Å². The van der Waals surface area contributed by atoms with Crippen LogP contribution >= 0.6 is 13.5 Å². The summed E-state index contributed by atoms with van der Waals surface area (Å²) in [5.74, 6) is 0.849. The van der Waals surface area contributed by atoms with E-state index in [0.29, 0.717) is 18.5 Å². The lowest BCUT2D eigenvalue weighted by molar-refractivity contribution is -0.137. The summed E-state index contributed by atoms with van der Waals surface area (Å²) in [4.78, 5) is 32.4. The predicted molar refractivity (Wildman–Crippen MR) is 133 cm³/mol. The number of aliphatic hydroxyl groups is 1. The van der Waals surface area contributed by atoms with Gasteiger partial charge < -0.3 is 14.6 Å². The largest absolute Gasteiger partial charge is 0.388 e. The Hall–Kier alpha value is -2.64. The predicted octanol–water partition coefficient (Wildman–Crippen LogP) is 3.81. The van der Waals surface area contributed by atoms with Gasteiger partial charge in [0.25, 0.3) is 0 Å². The number of para-hydroxylation sites is 2. The van der Waals surface area contributed by atoms with Gasteiger partial charge in [-0.2, -0.15) is 13.5 Å².